The van der Waals surface area contributed by atoms with Gasteiger partial charge >= 0.3 is 53.5 Å². The van der Waals surface area contributed by atoms with Gasteiger partial charge in [0.05, 0.1) is 56.3 Å². The van der Waals surface area contributed by atoms with Crippen molar-refractivity contribution in [1.82, 2.24) is 0 Å². The van der Waals surface area contributed by atoms with Crippen molar-refractivity contribution in [3.63, 3.8) is 0 Å². The van der Waals surface area contributed by atoms with Crippen LogP contribution < -0.4 is 20.7 Å². The molecule has 2 aromatic heterocycles. The third kappa shape index (κ3) is 11.8. The van der Waals surface area contributed by atoms with Gasteiger partial charge in [-0.2, -0.15) is 0 Å². The summed E-state index contributed by atoms with van der Waals surface area (Å²) in [7, 11) is 5.42. The van der Waals surface area contributed by atoms with Crippen LogP contribution in [0.4, 0.5) is 0 Å². The number of halogens is 2. The van der Waals surface area contributed by atoms with Crippen LogP contribution in [0.3, 0.4) is 0 Å². The number of hydrogen-bond donors (Lipinski definition) is 0. The van der Waals surface area contributed by atoms with Crippen LogP contribution in [0.25, 0.3) is 88.0 Å². The van der Waals surface area contributed by atoms with E-state index in [9.17, 15) is 0 Å². The molecule has 10 aromatic rings. The van der Waals surface area contributed by atoms with Crippen LogP contribution in [-0.4, -0.2) is 37.7 Å². The van der Waals surface area contributed by atoms with Gasteiger partial charge in [-0.1, -0.05) is 219 Å². The summed E-state index contributed by atoms with van der Waals surface area (Å²) in [4.78, 5) is 0. The molecule has 10 heteroatoms. The molecule has 0 spiro atoms. The number of benzene rings is 6. The summed E-state index contributed by atoms with van der Waals surface area (Å²) in [5, 5.41) is 16.1. The van der Waals surface area contributed by atoms with Gasteiger partial charge in [0.25, 0.3) is 0 Å². The Morgan fingerprint density at radius 3 is 1.06 bits per heavy atom. The average molecular weight is 1150 g/mol. The summed E-state index contributed by atoms with van der Waals surface area (Å²) in [5.41, 5.74) is 10.2. The van der Waals surface area contributed by atoms with Gasteiger partial charge in [0.2, 0.25) is 0 Å². The van der Waals surface area contributed by atoms with Gasteiger partial charge in [-0.3, -0.25) is 0 Å². The third-order valence-corrected chi connectivity index (χ3v) is 41.9. The van der Waals surface area contributed by atoms with Crippen molar-refractivity contribution in [1.29, 1.82) is 0 Å². The van der Waals surface area contributed by atoms with Crippen molar-refractivity contribution >= 4 is 119 Å². The van der Waals surface area contributed by atoms with E-state index in [-0.39, 0.29) is 5.43 Å². The molecule has 0 atom stereocenters. The van der Waals surface area contributed by atoms with Gasteiger partial charge in [-0.15, -0.1) is 57.9 Å². The fraction of sp³-hybridized carbons (Fsp3) is 0.258. The van der Waals surface area contributed by atoms with Crippen molar-refractivity contribution in [3.05, 3.63) is 157 Å². The first-order chi connectivity index (χ1) is 33.7. The maximum absolute atomic E-state index is 6.05. The molecule has 0 aliphatic rings. The second-order valence-electron chi connectivity index (χ2n) is 24.2. The third-order valence-electron chi connectivity index (χ3n) is 14.0. The molecular formula is C62H72Cl2O2Si5Zr-2. The molecule has 0 saturated carbocycles. The molecule has 0 amide bonds. The number of rotatable bonds is 8. The maximum atomic E-state index is 6.05. The molecule has 0 aliphatic carbocycles. The van der Waals surface area contributed by atoms with Gasteiger partial charge in [-0.05, 0) is 46.9 Å². The van der Waals surface area contributed by atoms with Gasteiger partial charge in [0, 0.05) is 10.8 Å². The van der Waals surface area contributed by atoms with Crippen molar-refractivity contribution in [2.24, 2.45) is 0 Å². The quantitative estimate of drug-likeness (QED) is 0.112. The minimum absolute atomic E-state index is 0.224. The van der Waals surface area contributed by atoms with E-state index in [4.69, 9.17) is 25.9 Å². The molecule has 8 aromatic carbocycles. The van der Waals surface area contributed by atoms with E-state index >= 15 is 0 Å². The van der Waals surface area contributed by atoms with Gasteiger partial charge in [-0.25, -0.2) is 0 Å². The van der Waals surface area contributed by atoms with Crippen molar-refractivity contribution in [2.45, 2.75) is 106 Å². The summed E-state index contributed by atoms with van der Waals surface area (Å²) >= 11 is -1.65. The van der Waals surface area contributed by atoms with Gasteiger partial charge in [0.1, 0.15) is 0 Å². The van der Waals surface area contributed by atoms with Crippen LogP contribution in [0.2, 0.25) is 91.7 Å². The van der Waals surface area contributed by atoms with E-state index in [2.05, 4.69) is 239 Å². The SMILES string of the molecule is C[Si](C)=[Zr]([Cl])[Cl].Cc1ccc2[cH-]c(-c3occ4ccccc34)cc2c1-c1cc([Si](C)(C)C)cc([Si](C)(C)C)c1.Cc1ccc2[cH-]c(-c3occ4ccccc34)cc2c1-c1cc([Si](C)(C)C)cc([Si](C)(C)C)c1. The second-order valence-corrected chi connectivity index (χ2v) is 67.5. The van der Waals surface area contributed by atoms with Crippen molar-refractivity contribution < 1.29 is 26.8 Å². The Morgan fingerprint density at radius 1 is 0.431 bits per heavy atom. The Kier molecular flexibility index (Phi) is 15.9. The Labute approximate surface area is 448 Å². The predicted octanol–water partition coefficient (Wildman–Crippen LogP) is 18.2. The fourth-order valence-electron chi connectivity index (χ4n) is 9.52. The molecule has 10 rings (SSSR count). The van der Waals surface area contributed by atoms with Gasteiger partial charge in [0.15, 0.2) is 0 Å². The maximum Gasteiger partial charge on any atom is 0.0875 e. The topological polar surface area (TPSA) is 26.3 Å². The fourth-order valence-corrected chi connectivity index (χ4v) is 14.5. The zero-order valence-corrected chi connectivity index (χ0v) is 54.4. The first kappa shape index (κ1) is 54.4. The Bertz CT molecular complexity index is 3340. The van der Waals surface area contributed by atoms with E-state index in [1.54, 1.807) is 20.7 Å². The van der Waals surface area contributed by atoms with E-state index in [0.29, 0.717) is 0 Å². The van der Waals surface area contributed by atoms with Crippen LogP contribution in [0.15, 0.2) is 155 Å². The first-order valence-electron chi connectivity index (χ1n) is 25.3. The molecule has 372 valence electrons. The number of aryl methyl sites for hydroxylation is 2. The number of fused-ring (bicyclic) bond motifs is 4. The largest absolute Gasteiger partial charge is 0.498 e. The smallest absolute Gasteiger partial charge is 0.0875 e. The Hall–Kier alpha value is -3.83. The standard InChI is InChI=1S/2C30H33OSi2.C2H6Si.2ClH.Zr/c2*1-20-12-13-21-14-24(30-27-11-9-8-10-22(27)19-31-30)17-28(21)29(20)23-15-25(32(2,3)4)18-26(16-23)33(5,6)7;1-3-2;;;/h2*8-19H,1-7H3;1-2H3;2*1H;/q2*-1;;;;+2/p-2. The van der Waals surface area contributed by atoms with Crippen LogP contribution in [0.1, 0.15) is 11.1 Å². The minimum Gasteiger partial charge on any atom is -0.498 e. The molecule has 0 radical (unpaired) electrons. The molecule has 72 heavy (non-hydrogen) atoms. The molecule has 0 N–H and O–H groups in total. The van der Waals surface area contributed by atoms with Crippen LogP contribution in [0.5, 0.6) is 0 Å². The summed E-state index contributed by atoms with van der Waals surface area (Å²) in [6.07, 6.45) is 3.73. The summed E-state index contributed by atoms with van der Waals surface area (Å²) in [6.45, 7) is 38.3. The number of hydrogen-bond acceptors (Lipinski definition) is 2. The predicted molar refractivity (Wildman–Crippen MR) is 331 cm³/mol. The normalized spacial score (nSPS) is 12.3. The first-order valence-corrected chi connectivity index (χ1v) is 51.9. The minimum atomic E-state index is -1.65. The second kappa shape index (κ2) is 21.1. The van der Waals surface area contributed by atoms with Crippen LogP contribution >= 0.6 is 17.0 Å². The van der Waals surface area contributed by atoms with Crippen molar-refractivity contribution in [2.75, 3.05) is 0 Å². The summed E-state index contributed by atoms with van der Waals surface area (Å²) in [5.74, 6) is 1.92. The van der Waals surface area contributed by atoms with E-state index in [1.165, 1.54) is 65.7 Å². The Balaban J connectivity index is 0.000000173. The van der Waals surface area contributed by atoms with E-state index in [1.807, 2.05) is 12.5 Å². The van der Waals surface area contributed by atoms with Crippen LogP contribution in [-0.2, 0) is 18.0 Å². The molecule has 0 bridgehead atoms. The van der Waals surface area contributed by atoms with E-state index in [0.717, 1.165) is 33.4 Å². The molecule has 0 fully saturated rings. The zero-order valence-electron chi connectivity index (χ0n) is 45.4. The van der Waals surface area contributed by atoms with Crippen molar-refractivity contribution in [3.8, 4) is 44.9 Å². The molecule has 0 saturated heterocycles. The molecular weight excluding hydrogens is 1080 g/mol. The Morgan fingerprint density at radius 2 is 0.750 bits per heavy atom. The summed E-state index contributed by atoms with van der Waals surface area (Å²) in [6, 6.07) is 50.0. The van der Waals surface area contributed by atoms with Crippen LogP contribution in [0, 0.1) is 13.8 Å². The molecule has 2 heterocycles. The number of furan rings is 2. The van der Waals surface area contributed by atoms with Gasteiger partial charge < -0.3 is 8.83 Å². The summed E-state index contributed by atoms with van der Waals surface area (Å²) < 4.78 is 12.1. The molecule has 2 nitrogen and oxygen atoms in total. The molecule has 0 unspecified atom stereocenters. The van der Waals surface area contributed by atoms with E-state index < -0.39 is 50.3 Å². The zero-order chi connectivity index (χ0) is 52.2. The molecule has 0 aliphatic heterocycles. The monoisotopic (exact) mass is 1150 g/mol. The average Bonchev–Trinajstić information content (AvgIpc) is 4.13.